The Bertz CT molecular complexity index is 149. The lowest BCUT2D eigenvalue weighted by atomic mass is 10.1. The molecule has 0 aliphatic carbocycles. The smallest absolute Gasteiger partial charge is 0.122 e. The summed E-state index contributed by atoms with van der Waals surface area (Å²) in [6.45, 7) is 12.3. The third-order valence-corrected chi connectivity index (χ3v) is 2.34. The number of likely N-dealkylation sites (tertiary alicyclic amines) is 1. The fourth-order valence-corrected chi connectivity index (χ4v) is 1.66. The first-order valence-electron chi connectivity index (χ1n) is 6.24. The summed E-state index contributed by atoms with van der Waals surface area (Å²) in [5.74, 6) is 1.05. The molecule has 0 radical (unpaired) electrons. The average molecular weight is 213 g/mol. The minimum absolute atomic E-state index is 0.204. The molecule has 1 heterocycles. The zero-order valence-electron chi connectivity index (χ0n) is 10.8. The van der Waals surface area contributed by atoms with Crippen molar-refractivity contribution in [1.29, 1.82) is 0 Å². The zero-order valence-corrected chi connectivity index (χ0v) is 10.8. The van der Waals surface area contributed by atoms with Gasteiger partial charge in [0.05, 0.1) is 0 Å². The molecule has 2 heteroatoms. The van der Waals surface area contributed by atoms with Crippen LogP contribution in [-0.4, -0.2) is 30.8 Å². The Hall–Kier alpha value is -0.370. The van der Waals surface area contributed by atoms with Crippen molar-refractivity contribution in [2.75, 3.05) is 19.6 Å². The van der Waals surface area contributed by atoms with Gasteiger partial charge in [-0.1, -0.05) is 34.1 Å². The van der Waals surface area contributed by atoms with Crippen LogP contribution in [0.3, 0.4) is 0 Å². The second kappa shape index (κ2) is 8.90. The lowest BCUT2D eigenvalue weighted by molar-refractivity contribution is -0.110. The van der Waals surface area contributed by atoms with Gasteiger partial charge in [-0.2, -0.15) is 0 Å². The molecule has 2 nitrogen and oxygen atoms in total. The SMILES string of the molecule is CC(C)C=O.CC(C)CN1CCCCC1. The van der Waals surface area contributed by atoms with E-state index in [0.717, 1.165) is 12.2 Å². The zero-order chi connectivity index (χ0) is 11.7. The highest BCUT2D eigenvalue weighted by Crippen LogP contribution is 2.09. The van der Waals surface area contributed by atoms with Crippen molar-refractivity contribution in [3.63, 3.8) is 0 Å². The third kappa shape index (κ3) is 9.92. The number of rotatable bonds is 3. The van der Waals surface area contributed by atoms with Gasteiger partial charge in [-0.05, 0) is 31.8 Å². The van der Waals surface area contributed by atoms with Crippen molar-refractivity contribution < 1.29 is 4.79 Å². The Morgan fingerprint density at radius 2 is 1.53 bits per heavy atom. The van der Waals surface area contributed by atoms with Crippen molar-refractivity contribution in [3.8, 4) is 0 Å². The van der Waals surface area contributed by atoms with Gasteiger partial charge in [0.15, 0.2) is 0 Å². The predicted molar refractivity (Wildman–Crippen MR) is 66.0 cm³/mol. The first-order chi connectivity index (χ1) is 7.06. The maximum Gasteiger partial charge on any atom is 0.122 e. The number of carbonyl (C=O) groups is 1. The van der Waals surface area contributed by atoms with E-state index in [9.17, 15) is 4.79 Å². The molecule has 0 N–H and O–H groups in total. The number of hydrogen-bond acceptors (Lipinski definition) is 2. The predicted octanol–water partition coefficient (Wildman–Crippen LogP) is 2.97. The minimum atomic E-state index is 0.204. The Labute approximate surface area is 95.0 Å². The number of carbonyl (C=O) groups excluding carboxylic acids is 1. The molecule has 0 bridgehead atoms. The van der Waals surface area contributed by atoms with E-state index in [1.165, 1.54) is 38.9 Å². The molecule has 15 heavy (non-hydrogen) atoms. The maximum absolute atomic E-state index is 9.50. The molecule has 1 aliphatic rings. The summed E-state index contributed by atoms with van der Waals surface area (Å²) >= 11 is 0. The second-order valence-corrected chi connectivity index (χ2v) is 5.14. The Morgan fingerprint density at radius 3 is 1.87 bits per heavy atom. The van der Waals surface area contributed by atoms with Crippen LogP contribution in [0, 0.1) is 11.8 Å². The molecule has 0 aromatic carbocycles. The van der Waals surface area contributed by atoms with E-state index in [0.29, 0.717) is 0 Å². The van der Waals surface area contributed by atoms with Crippen LogP contribution >= 0.6 is 0 Å². The van der Waals surface area contributed by atoms with Crippen LogP contribution in [0.2, 0.25) is 0 Å². The molecule has 0 saturated carbocycles. The van der Waals surface area contributed by atoms with E-state index in [4.69, 9.17) is 0 Å². The molecular weight excluding hydrogens is 186 g/mol. The van der Waals surface area contributed by atoms with Crippen LogP contribution in [0.1, 0.15) is 47.0 Å². The largest absolute Gasteiger partial charge is 0.303 e. The summed E-state index contributed by atoms with van der Waals surface area (Å²) < 4.78 is 0. The Balaban J connectivity index is 0.000000336. The number of hydrogen-bond donors (Lipinski definition) is 0. The monoisotopic (exact) mass is 213 g/mol. The summed E-state index contributed by atoms with van der Waals surface area (Å²) in [4.78, 5) is 12.1. The van der Waals surface area contributed by atoms with E-state index >= 15 is 0 Å². The van der Waals surface area contributed by atoms with Gasteiger partial charge < -0.3 is 9.69 Å². The van der Waals surface area contributed by atoms with Crippen LogP contribution < -0.4 is 0 Å². The molecular formula is C13H27NO. The van der Waals surface area contributed by atoms with Crippen molar-refractivity contribution in [2.24, 2.45) is 11.8 Å². The van der Waals surface area contributed by atoms with Gasteiger partial charge in [-0.3, -0.25) is 0 Å². The highest BCUT2D eigenvalue weighted by molar-refractivity contribution is 5.51. The van der Waals surface area contributed by atoms with Crippen LogP contribution in [0.4, 0.5) is 0 Å². The van der Waals surface area contributed by atoms with Crippen LogP contribution in [-0.2, 0) is 4.79 Å². The van der Waals surface area contributed by atoms with Crippen molar-refractivity contribution in [2.45, 2.75) is 47.0 Å². The Kier molecular flexibility index (Phi) is 8.68. The number of nitrogens with zero attached hydrogens (tertiary/aromatic N) is 1. The molecule has 1 aliphatic heterocycles. The molecule has 0 amide bonds. The molecule has 90 valence electrons. The molecule has 0 aromatic rings. The molecule has 0 atom stereocenters. The lowest BCUT2D eigenvalue weighted by Gasteiger charge is -2.27. The van der Waals surface area contributed by atoms with E-state index in [1.807, 2.05) is 13.8 Å². The maximum atomic E-state index is 9.50. The molecule has 0 aromatic heterocycles. The topological polar surface area (TPSA) is 20.3 Å². The molecule has 1 saturated heterocycles. The molecule has 0 unspecified atom stereocenters. The van der Waals surface area contributed by atoms with E-state index in [-0.39, 0.29) is 5.92 Å². The van der Waals surface area contributed by atoms with Gasteiger partial charge in [0.25, 0.3) is 0 Å². The van der Waals surface area contributed by atoms with Gasteiger partial charge in [-0.15, -0.1) is 0 Å². The number of piperidine rings is 1. The second-order valence-electron chi connectivity index (χ2n) is 5.14. The standard InChI is InChI=1S/C9H19N.C4H8O/c1-9(2)8-10-6-4-3-5-7-10;1-4(2)3-5/h9H,3-8H2,1-2H3;3-4H,1-2H3. The van der Waals surface area contributed by atoms with Crippen LogP contribution in [0.15, 0.2) is 0 Å². The summed E-state index contributed by atoms with van der Waals surface area (Å²) in [5.41, 5.74) is 0. The van der Waals surface area contributed by atoms with Crippen LogP contribution in [0.25, 0.3) is 0 Å². The van der Waals surface area contributed by atoms with Gasteiger partial charge in [0.2, 0.25) is 0 Å². The highest BCUT2D eigenvalue weighted by atomic mass is 16.1. The van der Waals surface area contributed by atoms with E-state index in [2.05, 4.69) is 18.7 Å². The van der Waals surface area contributed by atoms with Crippen LogP contribution in [0.5, 0.6) is 0 Å². The van der Waals surface area contributed by atoms with Gasteiger partial charge >= 0.3 is 0 Å². The van der Waals surface area contributed by atoms with E-state index < -0.39 is 0 Å². The fraction of sp³-hybridized carbons (Fsp3) is 0.923. The highest BCUT2D eigenvalue weighted by Gasteiger charge is 2.10. The fourth-order valence-electron chi connectivity index (χ4n) is 1.66. The summed E-state index contributed by atoms with van der Waals surface area (Å²) in [7, 11) is 0. The van der Waals surface area contributed by atoms with Gasteiger partial charge in [0, 0.05) is 12.5 Å². The quantitative estimate of drug-likeness (QED) is 0.672. The van der Waals surface area contributed by atoms with Gasteiger partial charge in [-0.25, -0.2) is 0 Å². The van der Waals surface area contributed by atoms with Crippen molar-refractivity contribution in [1.82, 2.24) is 4.90 Å². The van der Waals surface area contributed by atoms with Crippen molar-refractivity contribution >= 4 is 6.29 Å². The minimum Gasteiger partial charge on any atom is -0.303 e. The molecule has 1 rings (SSSR count). The number of aldehydes is 1. The average Bonchev–Trinajstić information content (AvgIpc) is 2.19. The third-order valence-electron chi connectivity index (χ3n) is 2.34. The Morgan fingerprint density at radius 1 is 1.07 bits per heavy atom. The lowest BCUT2D eigenvalue weighted by Crippen LogP contribution is -2.32. The van der Waals surface area contributed by atoms with Crippen molar-refractivity contribution in [3.05, 3.63) is 0 Å². The van der Waals surface area contributed by atoms with Gasteiger partial charge in [0.1, 0.15) is 6.29 Å². The summed E-state index contributed by atoms with van der Waals surface area (Å²) in [6, 6.07) is 0. The first kappa shape index (κ1) is 14.6. The molecule has 1 fully saturated rings. The summed E-state index contributed by atoms with van der Waals surface area (Å²) in [5, 5.41) is 0. The molecule has 0 spiro atoms. The van der Waals surface area contributed by atoms with E-state index in [1.54, 1.807) is 0 Å². The first-order valence-corrected chi connectivity index (χ1v) is 6.24. The summed E-state index contributed by atoms with van der Waals surface area (Å²) in [6.07, 6.45) is 5.22. The normalized spacial score (nSPS) is 17.5.